The van der Waals surface area contributed by atoms with Crippen LogP contribution in [0, 0.1) is 5.41 Å². The summed E-state index contributed by atoms with van der Waals surface area (Å²) < 4.78 is 11.7. The van der Waals surface area contributed by atoms with E-state index in [1.54, 1.807) is 58.8 Å². The van der Waals surface area contributed by atoms with Crippen LogP contribution in [0.2, 0.25) is 0 Å². The molecule has 1 heterocycles. The molecule has 1 aromatic heterocycles. The Hall–Kier alpha value is -2.58. The van der Waals surface area contributed by atoms with Crippen LogP contribution in [-0.4, -0.2) is 52.8 Å². The van der Waals surface area contributed by atoms with Crippen molar-refractivity contribution in [1.29, 1.82) is 0 Å². The van der Waals surface area contributed by atoms with E-state index in [4.69, 9.17) is 9.47 Å². The van der Waals surface area contributed by atoms with Crippen molar-refractivity contribution in [3.8, 4) is 0 Å². The van der Waals surface area contributed by atoms with Gasteiger partial charge in [0.15, 0.2) is 0 Å². The second-order valence-electron chi connectivity index (χ2n) is 7.99. The molecule has 0 radical (unpaired) electrons. The lowest BCUT2D eigenvalue weighted by Crippen LogP contribution is -2.51. The number of hydrogen-bond acceptors (Lipinski definition) is 6. The summed E-state index contributed by atoms with van der Waals surface area (Å²) in [5.41, 5.74) is -0.819. The molecule has 0 fully saturated rings. The van der Waals surface area contributed by atoms with Crippen LogP contribution in [-0.2, 0) is 32.5 Å². The molecule has 0 unspecified atom stereocenters. The first-order valence-corrected chi connectivity index (χ1v) is 8.66. The maximum atomic E-state index is 12.7. The molecule has 1 rings (SSSR count). The Morgan fingerprint density at radius 2 is 1.85 bits per heavy atom. The average Bonchev–Trinajstić information content (AvgIpc) is 2.95. The number of rotatable bonds is 7. The number of carbonyl (C=O) groups excluding carboxylic acids is 3. The number of ether oxygens (including phenoxy) is 2. The number of imidazole rings is 1. The van der Waals surface area contributed by atoms with Crippen LogP contribution < -0.4 is 10.6 Å². The number of aryl methyl sites for hydroxylation is 1. The van der Waals surface area contributed by atoms with Gasteiger partial charge >= 0.3 is 12.1 Å². The molecule has 0 aliphatic carbocycles. The van der Waals surface area contributed by atoms with Gasteiger partial charge in [0.2, 0.25) is 5.91 Å². The van der Waals surface area contributed by atoms with E-state index in [1.165, 1.54) is 7.11 Å². The number of carbonyl (C=O) groups is 3. The third-order valence-corrected chi connectivity index (χ3v) is 3.81. The lowest BCUT2D eigenvalue weighted by molar-refractivity contribution is -0.146. The maximum absolute atomic E-state index is 12.7. The smallest absolute Gasteiger partial charge is 0.407 e. The molecule has 1 aromatic rings. The number of aromatic nitrogens is 2. The monoisotopic (exact) mass is 382 g/mol. The number of methoxy groups -OCH3 is 1. The number of esters is 1. The highest BCUT2D eigenvalue weighted by molar-refractivity contribution is 5.88. The third-order valence-electron chi connectivity index (χ3n) is 3.81. The minimum Gasteiger partial charge on any atom is -0.467 e. The SMILES string of the molecule is COC(=O)[C@H](Cc1cncn1C)NC(=O)C(C)(C)CNC(=O)OC(C)(C)C. The Balaban J connectivity index is 2.73. The molecule has 0 aromatic carbocycles. The van der Waals surface area contributed by atoms with Gasteiger partial charge in [-0.3, -0.25) is 4.79 Å². The molecular weight excluding hydrogens is 352 g/mol. The fraction of sp³-hybridized carbons (Fsp3) is 0.667. The molecule has 152 valence electrons. The molecule has 2 N–H and O–H groups in total. The standard InChI is InChI=1S/C18H30N4O5/c1-17(2,3)27-16(25)20-10-18(4,5)15(24)21-13(14(23)26-7)8-12-9-19-11-22(12)6/h9,11,13H,8,10H2,1-7H3,(H,20,25)(H,21,24)/t13-/m0/s1. The van der Waals surface area contributed by atoms with Crippen molar-refractivity contribution in [3.05, 3.63) is 18.2 Å². The lowest BCUT2D eigenvalue weighted by atomic mass is 9.91. The predicted molar refractivity (Wildman–Crippen MR) is 98.9 cm³/mol. The van der Waals surface area contributed by atoms with E-state index in [-0.39, 0.29) is 13.0 Å². The molecule has 1 atom stereocenters. The van der Waals surface area contributed by atoms with Crippen LogP contribution in [0.5, 0.6) is 0 Å². The first-order chi connectivity index (χ1) is 12.4. The van der Waals surface area contributed by atoms with Crippen molar-refractivity contribution in [2.75, 3.05) is 13.7 Å². The van der Waals surface area contributed by atoms with Crippen molar-refractivity contribution in [2.45, 2.75) is 52.7 Å². The van der Waals surface area contributed by atoms with Crippen LogP contribution in [0.4, 0.5) is 4.79 Å². The molecule has 0 aliphatic heterocycles. The minimum absolute atomic E-state index is 0.0490. The van der Waals surface area contributed by atoms with Crippen LogP contribution in [0.1, 0.15) is 40.3 Å². The van der Waals surface area contributed by atoms with Gasteiger partial charge in [-0.1, -0.05) is 0 Å². The van der Waals surface area contributed by atoms with E-state index in [1.807, 2.05) is 0 Å². The number of alkyl carbamates (subject to hydrolysis) is 1. The van der Waals surface area contributed by atoms with Gasteiger partial charge in [-0.15, -0.1) is 0 Å². The predicted octanol–water partition coefficient (Wildman–Crippen LogP) is 1.17. The quantitative estimate of drug-likeness (QED) is 0.685. The van der Waals surface area contributed by atoms with E-state index in [0.29, 0.717) is 0 Å². The van der Waals surface area contributed by atoms with Gasteiger partial charge in [-0.05, 0) is 34.6 Å². The Morgan fingerprint density at radius 1 is 1.22 bits per heavy atom. The van der Waals surface area contributed by atoms with Crippen molar-refractivity contribution in [2.24, 2.45) is 12.5 Å². The summed E-state index contributed by atoms with van der Waals surface area (Å²) >= 11 is 0. The summed E-state index contributed by atoms with van der Waals surface area (Å²) in [7, 11) is 3.06. The fourth-order valence-corrected chi connectivity index (χ4v) is 2.17. The van der Waals surface area contributed by atoms with E-state index in [9.17, 15) is 14.4 Å². The molecule has 0 saturated heterocycles. The summed E-state index contributed by atoms with van der Waals surface area (Å²) in [6.07, 6.45) is 2.87. The third kappa shape index (κ3) is 7.28. The van der Waals surface area contributed by atoms with Crippen molar-refractivity contribution >= 4 is 18.0 Å². The van der Waals surface area contributed by atoms with Crippen molar-refractivity contribution < 1.29 is 23.9 Å². The zero-order chi connectivity index (χ0) is 20.8. The Kier molecular flexibility index (Phi) is 7.38. The average molecular weight is 382 g/mol. The summed E-state index contributed by atoms with van der Waals surface area (Å²) in [6, 6.07) is -0.862. The van der Waals surface area contributed by atoms with Gasteiger partial charge in [0.1, 0.15) is 11.6 Å². The highest BCUT2D eigenvalue weighted by atomic mass is 16.6. The van der Waals surface area contributed by atoms with Gasteiger partial charge in [0, 0.05) is 31.9 Å². The molecule has 27 heavy (non-hydrogen) atoms. The van der Waals surface area contributed by atoms with Crippen LogP contribution in [0.15, 0.2) is 12.5 Å². The van der Waals surface area contributed by atoms with E-state index >= 15 is 0 Å². The Bertz CT molecular complexity index is 676. The topological polar surface area (TPSA) is 112 Å². The molecule has 0 bridgehead atoms. The Morgan fingerprint density at radius 3 is 2.33 bits per heavy atom. The normalized spacial score (nSPS) is 12.9. The largest absolute Gasteiger partial charge is 0.467 e. The number of amides is 2. The second-order valence-corrected chi connectivity index (χ2v) is 7.99. The van der Waals surface area contributed by atoms with Gasteiger partial charge < -0.3 is 24.7 Å². The van der Waals surface area contributed by atoms with Crippen molar-refractivity contribution in [1.82, 2.24) is 20.2 Å². The molecule has 0 aliphatic rings. The first-order valence-electron chi connectivity index (χ1n) is 8.66. The van der Waals surface area contributed by atoms with Crippen LogP contribution >= 0.6 is 0 Å². The molecule has 0 saturated carbocycles. The van der Waals surface area contributed by atoms with E-state index in [2.05, 4.69) is 15.6 Å². The number of hydrogen-bond donors (Lipinski definition) is 2. The van der Waals surface area contributed by atoms with Crippen LogP contribution in [0.25, 0.3) is 0 Å². The Labute approximate surface area is 159 Å². The zero-order valence-corrected chi connectivity index (χ0v) is 17.1. The summed E-state index contributed by atoms with van der Waals surface area (Å²) in [6.45, 7) is 8.64. The molecule has 9 heteroatoms. The molecular formula is C18H30N4O5. The van der Waals surface area contributed by atoms with E-state index < -0.39 is 35.0 Å². The van der Waals surface area contributed by atoms with Crippen molar-refractivity contribution in [3.63, 3.8) is 0 Å². The summed E-state index contributed by atoms with van der Waals surface area (Å²) in [5.74, 6) is -0.948. The summed E-state index contributed by atoms with van der Waals surface area (Å²) in [4.78, 5) is 40.6. The molecule has 9 nitrogen and oxygen atoms in total. The minimum atomic E-state index is -0.963. The van der Waals surface area contributed by atoms with Crippen LogP contribution in [0.3, 0.4) is 0 Å². The second kappa shape index (κ2) is 8.88. The number of nitrogens with one attached hydrogen (secondary N) is 2. The van der Waals surface area contributed by atoms with Gasteiger partial charge in [-0.2, -0.15) is 0 Å². The van der Waals surface area contributed by atoms with Gasteiger partial charge in [0.25, 0.3) is 0 Å². The van der Waals surface area contributed by atoms with Gasteiger partial charge in [-0.25, -0.2) is 14.6 Å². The first kappa shape index (κ1) is 22.5. The fourth-order valence-electron chi connectivity index (χ4n) is 2.17. The highest BCUT2D eigenvalue weighted by Gasteiger charge is 2.33. The summed E-state index contributed by atoms with van der Waals surface area (Å²) in [5, 5.41) is 5.28. The molecule has 2 amide bonds. The lowest BCUT2D eigenvalue weighted by Gasteiger charge is -2.27. The maximum Gasteiger partial charge on any atom is 0.407 e. The molecule has 0 spiro atoms. The van der Waals surface area contributed by atoms with Gasteiger partial charge in [0.05, 0.1) is 18.9 Å². The zero-order valence-electron chi connectivity index (χ0n) is 17.1. The van der Waals surface area contributed by atoms with E-state index in [0.717, 1.165) is 5.69 Å². The highest BCUT2D eigenvalue weighted by Crippen LogP contribution is 2.16. The number of nitrogens with zero attached hydrogens (tertiary/aromatic N) is 2.